The van der Waals surface area contributed by atoms with E-state index in [9.17, 15) is 0 Å². The van der Waals surface area contributed by atoms with E-state index in [1.165, 1.54) is 11.8 Å². The SMILES string of the molecule is C#Cc1nc(Sc2cn(C)cc2N(C)C)ncc1C=C. The molecule has 0 aliphatic rings. The lowest BCUT2D eigenvalue weighted by atomic mass is 10.2. The summed E-state index contributed by atoms with van der Waals surface area (Å²) in [7, 11) is 6.01. The zero-order valence-electron chi connectivity index (χ0n) is 11.8. The normalized spacial score (nSPS) is 10.1. The fourth-order valence-electron chi connectivity index (χ4n) is 1.75. The Morgan fingerprint density at radius 2 is 2.20 bits per heavy atom. The summed E-state index contributed by atoms with van der Waals surface area (Å²) in [6.07, 6.45) is 12.9. The molecule has 0 fully saturated rings. The Balaban J connectivity index is 2.36. The van der Waals surface area contributed by atoms with Gasteiger partial charge in [0.05, 0.1) is 10.6 Å². The average Bonchev–Trinajstić information content (AvgIpc) is 2.79. The van der Waals surface area contributed by atoms with Crippen LogP contribution in [0.3, 0.4) is 0 Å². The van der Waals surface area contributed by atoms with Gasteiger partial charge in [-0.05, 0) is 17.7 Å². The third-order valence-electron chi connectivity index (χ3n) is 2.73. The Bertz CT molecular complexity index is 680. The Morgan fingerprint density at radius 1 is 1.45 bits per heavy atom. The summed E-state index contributed by atoms with van der Waals surface area (Å²) < 4.78 is 2.01. The van der Waals surface area contributed by atoms with E-state index < -0.39 is 0 Å². The number of hydrogen-bond acceptors (Lipinski definition) is 4. The summed E-state index contributed by atoms with van der Waals surface area (Å²) in [4.78, 5) is 11.9. The molecular formula is C15H16N4S. The van der Waals surface area contributed by atoms with E-state index in [1.807, 2.05) is 31.9 Å². The largest absolute Gasteiger partial charge is 0.376 e. The minimum Gasteiger partial charge on any atom is -0.376 e. The lowest BCUT2D eigenvalue weighted by Crippen LogP contribution is -2.08. The van der Waals surface area contributed by atoms with Gasteiger partial charge in [-0.3, -0.25) is 0 Å². The van der Waals surface area contributed by atoms with Crippen LogP contribution in [0, 0.1) is 12.3 Å². The minimum absolute atomic E-state index is 0.569. The van der Waals surface area contributed by atoms with Crippen molar-refractivity contribution in [3.05, 3.63) is 36.4 Å². The molecule has 2 aromatic rings. The molecular weight excluding hydrogens is 268 g/mol. The Labute approximate surface area is 123 Å². The summed E-state index contributed by atoms with van der Waals surface area (Å²) >= 11 is 1.50. The molecule has 0 aromatic carbocycles. The molecule has 0 saturated carbocycles. The average molecular weight is 284 g/mol. The van der Waals surface area contributed by atoms with E-state index >= 15 is 0 Å². The predicted octanol–water partition coefficient (Wildman–Crippen LogP) is 2.66. The molecule has 4 nitrogen and oxygen atoms in total. The summed E-state index contributed by atoms with van der Waals surface area (Å²) in [5.74, 6) is 2.56. The molecule has 0 radical (unpaired) electrons. The highest BCUT2D eigenvalue weighted by Crippen LogP contribution is 2.33. The van der Waals surface area contributed by atoms with Gasteiger partial charge in [-0.2, -0.15) is 0 Å². The smallest absolute Gasteiger partial charge is 0.193 e. The molecule has 2 aromatic heterocycles. The maximum absolute atomic E-state index is 5.46. The number of hydrogen-bond donors (Lipinski definition) is 0. The van der Waals surface area contributed by atoms with Crippen LogP contribution >= 0.6 is 11.8 Å². The van der Waals surface area contributed by atoms with Crippen molar-refractivity contribution in [2.75, 3.05) is 19.0 Å². The summed E-state index contributed by atoms with van der Waals surface area (Å²) in [5, 5.41) is 0.637. The molecule has 0 atom stereocenters. The predicted molar refractivity (Wildman–Crippen MR) is 83.9 cm³/mol. The first-order valence-corrected chi connectivity index (χ1v) is 6.84. The molecule has 0 aliphatic carbocycles. The van der Waals surface area contributed by atoms with Crippen molar-refractivity contribution in [3.63, 3.8) is 0 Å². The zero-order chi connectivity index (χ0) is 14.7. The molecule has 0 spiro atoms. The Hall–Kier alpha value is -2.19. The first kappa shape index (κ1) is 14.2. The number of terminal acetylenes is 1. The number of aromatic nitrogens is 3. The second-order valence-electron chi connectivity index (χ2n) is 4.47. The topological polar surface area (TPSA) is 34.0 Å². The van der Waals surface area contributed by atoms with Crippen molar-refractivity contribution >= 4 is 23.5 Å². The highest BCUT2D eigenvalue weighted by molar-refractivity contribution is 7.99. The van der Waals surface area contributed by atoms with Crippen molar-refractivity contribution in [2.24, 2.45) is 7.05 Å². The maximum Gasteiger partial charge on any atom is 0.193 e. The van der Waals surface area contributed by atoms with Gasteiger partial charge in [-0.1, -0.05) is 12.7 Å². The van der Waals surface area contributed by atoms with Crippen molar-refractivity contribution in [1.29, 1.82) is 0 Å². The van der Waals surface area contributed by atoms with Gasteiger partial charge in [0.1, 0.15) is 5.69 Å². The number of anilines is 1. The fourth-order valence-corrected chi connectivity index (χ4v) is 2.74. The van der Waals surface area contributed by atoms with Crippen molar-refractivity contribution in [2.45, 2.75) is 10.1 Å². The number of aryl methyl sites for hydroxylation is 1. The third kappa shape index (κ3) is 2.86. The first-order chi connectivity index (χ1) is 9.55. The van der Waals surface area contributed by atoms with Crippen LogP contribution in [0.2, 0.25) is 0 Å². The Morgan fingerprint density at radius 3 is 2.80 bits per heavy atom. The minimum atomic E-state index is 0.569. The van der Waals surface area contributed by atoms with E-state index in [-0.39, 0.29) is 0 Å². The van der Waals surface area contributed by atoms with E-state index in [1.54, 1.807) is 12.3 Å². The van der Waals surface area contributed by atoms with Crippen LogP contribution in [0.1, 0.15) is 11.3 Å². The molecule has 0 aliphatic heterocycles. The van der Waals surface area contributed by atoms with Crippen LogP contribution in [0.4, 0.5) is 5.69 Å². The van der Waals surface area contributed by atoms with Gasteiger partial charge in [-0.25, -0.2) is 9.97 Å². The molecule has 5 heteroatoms. The van der Waals surface area contributed by atoms with Gasteiger partial charge in [-0.15, -0.1) is 6.42 Å². The van der Waals surface area contributed by atoms with Gasteiger partial charge in [0.2, 0.25) is 0 Å². The van der Waals surface area contributed by atoms with Crippen LogP contribution in [-0.2, 0) is 7.05 Å². The second kappa shape index (κ2) is 5.85. The molecule has 0 N–H and O–H groups in total. The standard InChI is InChI=1S/C15H16N4S/c1-6-11-8-16-15(17-12(11)7-2)20-14-10-19(5)9-13(14)18(3)4/h2,6,8-10H,1H2,3-5H3. The van der Waals surface area contributed by atoms with E-state index in [2.05, 4.69) is 33.6 Å². The van der Waals surface area contributed by atoms with Gasteiger partial charge in [0.15, 0.2) is 5.16 Å². The summed E-state index contributed by atoms with van der Waals surface area (Å²) in [6.45, 7) is 3.70. The zero-order valence-corrected chi connectivity index (χ0v) is 12.6. The number of nitrogens with zero attached hydrogens (tertiary/aromatic N) is 4. The highest BCUT2D eigenvalue weighted by Gasteiger charge is 2.12. The van der Waals surface area contributed by atoms with E-state index in [4.69, 9.17) is 6.42 Å². The van der Waals surface area contributed by atoms with Gasteiger partial charge >= 0.3 is 0 Å². The summed E-state index contributed by atoms with van der Waals surface area (Å²) in [5.41, 5.74) is 2.47. The van der Waals surface area contributed by atoms with Crippen LogP contribution in [0.15, 0.2) is 35.2 Å². The molecule has 2 heterocycles. The summed E-state index contributed by atoms with van der Waals surface area (Å²) in [6, 6.07) is 0. The van der Waals surface area contributed by atoms with Crippen LogP contribution in [-0.4, -0.2) is 28.6 Å². The van der Waals surface area contributed by atoms with E-state index in [0.29, 0.717) is 10.9 Å². The molecule has 0 unspecified atom stereocenters. The van der Waals surface area contributed by atoms with Crippen molar-refractivity contribution in [1.82, 2.24) is 14.5 Å². The Kier molecular flexibility index (Phi) is 4.16. The van der Waals surface area contributed by atoms with Crippen molar-refractivity contribution < 1.29 is 0 Å². The van der Waals surface area contributed by atoms with Gasteiger partial charge in [0.25, 0.3) is 0 Å². The fraction of sp³-hybridized carbons (Fsp3) is 0.200. The third-order valence-corrected chi connectivity index (χ3v) is 3.65. The molecule has 102 valence electrons. The lowest BCUT2D eigenvalue weighted by molar-refractivity contribution is 0.916. The van der Waals surface area contributed by atoms with Gasteiger partial charge < -0.3 is 9.47 Å². The maximum atomic E-state index is 5.46. The van der Waals surface area contributed by atoms with Crippen LogP contribution < -0.4 is 4.90 Å². The van der Waals surface area contributed by atoms with Crippen LogP contribution in [0.5, 0.6) is 0 Å². The van der Waals surface area contributed by atoms with Gasteiger partial charge in [0, 0.05) is 45.3 Å². The second-order valence-corrected chi connectivity index (χ2v) is 5.48. The molecule has 20 heavy (non-hydrogen) atoms. The lowest BCUT2D eigenvalue weighted by Gasteiger charge is -2.12. The van der Waals surface area contributed by atoms with E-state index in [0.717, 1.165) is 16.1 Å². The highest BCUT2D eigenvalue weighted by atomic mass is 32.2. The monoisotopic (exact) mass is 284 g/mol. The first-order valence-electron chi connectivity index (χ1n) is 6.02. The molecule has 0 saturated heterocycles. The van der Waals surface area contributed by atoms with Crippen molar-refractivity contribution in [3.8, 4) is 12.3 Å². The molecule has 0 bridgehead atoms. The molecule has 0 amide bonds. The number of rotatable bonds is 4. The molecule has 2 rings (SSSR count). The quantitative estimate of drug-likeness (QED) is 0.638. The van der Waals surface area contributed by atoms with Crippen LogP contribution in [0.25, 0.3) is 6.08 Å².